The first-order chi connectivity index (χ1) is 18.3. The number of hydrogen-bond donors (Lipinski definition) is 3. The lowest BCUT2D eigenvalue weighted by Gasteiger charge is -2.24. The first-order valence-corrected chi connectivity index (χ1v) is 13.7. The molecule has 13 nitrogen and oxygen atoms in total. The molecule has 0 radical (unpaired) electrons. The fraction of sp³-hybridized carbons (Fsp3) is 0.417. The summed E-state index contributed by atoms with van der Waals surface area (Å²) < 4.78 is 38.3. The molecule has 3 heterocycles. The Labute approximate surface area is 220 Å². The zero-order valence-corrected chi connectivity index (χ0v) is 22.3. The smallest absolute Gasteiger partial charge is 0.459 e. The van der Waals surface area contributed by atoms with Gasteiger partial charge in [-0.1, -0.05) is 24.3 Å². The van der Waals surface area contributed by atoms with Gasteiger partial charge in [0.15, 0.2) is 17.0 Å². The third-order valence-corrected chi connectivity index (χ3v) is 7.52. The zero-order chi connectivity index (χ0) is 27.3. The summed E-state index contributed by atoms with van der Waals surface area (Å²) in [7, 11) is -2.29. The first-order valence-electron chi connectivity index (χ1n) is 12.2. The van der Waals surface area contributed by atoms with Crippen molar-refractivity contribution < 1.29 is 27.9 Å². The molecule has 1 aliphatic rings. The van der Waals surface area contributed by atoms with E-state index in [2.05, 4.69) is 31.9 Å². The van der Waals surface area contributed by atoms with Crippen LogP contribution in [0.2, 0.25) is 0 Å². The molecule has 1 fully saturated rings. The molecular formula is C24H32N7O6P. The lowest BCUT2D eigenvalue weighted by molar-refractivity contribution is -0.144. The molecule has 204 valence electrons. The summed E-state index contributed by atoms with van der Waals surface area (Å²) in [6, 6.07) is 7.61. The Morgan fingerprint density at radius 3 is 2.82 bits per heavy atom. The average molecular weight is 546 g/mol. The van der Waals surface area contributed by atoms with Gasteiger partial charge in [0.1, 0.15) is 18.0 Å². The predicted molar refractivity (Wildman–Crippen MR) is 141 cm³/mol. The number of benzene rings is 1. The Balaban J connectivity index is 1.52. The van der Waals surface area contributed by atoms with Crippen molar-refractivity contribution in [2.45, 2.75) is 38.6 Å². The Bertz CT molecular complexity index is 1320. The molecule has 0 bridgehead atoms. The topological polar surface area (TPSA) is 165 Å². The Kier molecular flexibility index (Phi) is 8.62. The van der Waals surface area contributed by atoms with Crippen molar-refractivity contribution >= 4 is 36.6 Å². The van der Waals surface area contributed by atoms with E-state index in [4.69, 9.17) is 24.3 Å². The number of para-hydroxylation sites is 1. The third-order valence-electron chi connectivity index (χ3n) is 5.88. The Morgan fingerprint density at radius 1 is 1.37 bits per heavy atom. The number of nitrogen functional groups attached to an aromatic ring is 1. The highest BCUT2D eigenvalue weighted by Crippen LogP contribution is 2.46. The van der Waals surface area contributed by atoms with E-state index < -0.39 is 32.1 Å². The van der Waals surface area contributed by atoms with Crippen molar-refractivity contribution in [2.75, 3.05) is 31.3 Å². The van der Waals surface area contributed by atoms with Crippen LogP contribution in [-0.4, -0.2) is 57.9 Å². The van der Waals surface area contributed by atoms with E-state index in [1.165, 1.54) is 6.92 Å². The molecule has 0 saturated carbocycles. The van der Waals surface area contributed by atoms with Gasteiger partial charge in [0, 0.05) is 13.0 Å². The van der Waals surface area contributed by atoms with E-state index >= 15 is 0 Å². The van der Waals surface area contributed by atoms with Crippen molar-refractivity contribution in [1.82, 2.24) is 24.6 Å². The van der Waals surface area contributed by atoms with Crippen LogP contribution in [0.15, 0.2) is 49.3 Å². The number of rotatable bonds is 12. The minimum Gasteiger partial charge on any atom is -0.465 e. The van der Waals surface area contributed by atoms with Gasteiger partial charge in [-0.2, -0.15) is 15.1 Å². The number of fused-ring (bicyclic) bond motifs is 1. The van der Waals surface area contributed by atoms with Gasteiger partial charge < -0.3 is 25.0 Å². The second kappa shape index (κ2) is 11.9. The van der Waals surface area contributed by atoms with E-state index in [1.807, 2.05) is 0 Å². The highest BCUT2D eigenvalue weighted by atomic mass is 31.2. The van der Waals surface area contributed by atoms with Crippen LogP contribution in [0.4, 0.5) is 11.8 Å². The number of carbonyl (C=O) groups excluding carboxylic acids is 1. The number of carbonyl (C=O) groups is 1. The predicted octanol–water partition coefficient (Wildman–Crippen LogP) is 3.28. The van der Waals surface area contributed by atoms with E-state index in [9.17, 15) is 9.36 Å². The summed E-state index contributed by atoms with van der Waals surface area (Å²) in [5, 5.41) is 5.63. The van der Waals surface area contributed by atoms with Crippen molar-refractivity contribution in [3.63, 3.8) is 0 Å². The number of imidazole rings is 1. The van der Waals surface area contributed by atoms with Crippen molar-refractivity contribution in [3.8, 4) is 5.75 Å². The molecule has 5 unspecified atom stereocenters. The van der Waals surface area contributed by atoms with E-state index in [0.717, 1.165) is 0 Å². The lowest BCUT2D eigenvalue weighted by Crippen LogP contribution is -2.35. The van der Waals surface area contributed by atoms with Gasteiger partial charge in [-0.15, -0.1) is 6.58 Å². The number of nitrogens with zero attached hydrogens (tertiary/aromatic N) is 4. The number of ether oxygens (including phenoxy) is 2. The molecule has 1 aliphatic heterocycles. The minimum absolute atomic E-state index is 0.0843. The van der Waals surface area contributed by atoms with Crippen molar-refractivity contribution in [2.24, 2.45) is 5.92 Å². The van der Waals surface area contributed by atoms with Gasteiger partial charge in [-0.25, -0.2) is 9.55 Å². The van der Waals surface area contributed by atoms with Gasteiger partial charge in [0.2, 0.25) is 5.95 Å². The Morgan fingerprint density at radius 2 is 2.13 bits per heavy atom. The molecule has 38 heavy (non-hydrogen) atoms. The maximum Gasteiger partial charge on any atom is 0.459 e. The highest BCUT2D eigenvalue weighted by molar-refractivity contribution is 7.52. The van der Waals surface area contributed by atoms with Gasteiger partial charge >= 0.3 is 13.7 Å². The third kappa shape index (κ3) is 6.13. The fourth-order valence-corrected chi connectivity index (χ4v) is 5.63. The molecule has 0 spiro atoms. The van der Waals surface area contributed by atoms with Gasteiger partial charge in [-0.05, 0) is 32.4 Å². The second-order valence-electron chi connectivity index (χ2n) is 8.59. The summed E-state index contributed by atoms with van der Waals surface area (Å²) in [5.41, 5.74) is 6.94. The summed E-state index contributed by atoms with van der Waals surface area (Å²) in [6.07, 6.45) is 2.92. The zero-order valence-electron chi connectivity index (χ0n) is 21.4. The largest absolute Gasteiger partial charge is 0.465 e. The van der Waals surface area contributed by atoms with Crippen molar-refractivity contribution in [1.29, 1.82) is 0 Å². The molecule has 5 atom stereocenters. The van der Waals surface area contributed by atoms with Crippen LogP contribution >= 0.6 is 7.75 Å². The monoisotopic (exact) mass is 545 g/mol. The molecule has 0 amide bonds. The van der Waals surface area contributed by atoms with Gasteiger partial charge in [-0.3, -0.25) is 13.9 Å². The lowest BCUT2D eigenvalue weighted by atomic mass is 10.0. The van der Waals surface area contributed by atoms with Crippen LogP contribution in [0, 0.1) is 5.92 Å². The summed E-state index contributed by atoms with van der Waals surface area (Å²) >= 11 is 0. The standard InChI is InChI=1S/C24H32N7O6P/c1-5-16-12-18(36-22(16)31-14-27-19-20(26-4)28-24(25)29-21(19)31)13-35-38(33,30-15(3)23(32)34-6-2)37-17-10-8-7-9-11-17/h5,7-11,14-16,18,22H,1,6,12-13H2,2-4H3,(H,30,33)(H3,25,26,28,29). The molecular weight excluding hydrogens is 513 g/mol. The minimum atomic E-state index is -4.01. The molecule has 1 aromatic carbocycles. The fourth-order valence-electron chi connectivity index (χ4n) is 4.11. The van der Waals surface area contributed by atoms with Gasteiger partial charge in [0.05, 0.1) is 25.6 Å². The molecule has 14 heteroatoms. The SMILES string of the molecule is C=CC1CC(COP(=O)(NC(C)C(=O)OCC)Oc2ccccc2)OC1n1cnc2c(NC)nc(N)nc21. The van der Waals surface area contributed by atoms with Gasteiger partial charge in [0.25, 0.3) is 0 Å². The number of anilines is 2. The van der Waals surface area contributed by atoms with Crippen LogP contribution in [0.3, 0.4) is 0 Å². The van der Waals surface area contributed by atoms with E-state index in [-0.39, 0.29) is 25.1 Å². The highest BCUT2D eigenvalue weighted by Gasteiger charge is 2.39. The van der Waals surface area contributed by atoms with Crippen molar-refractivity contribution in [3.05, 3.63) is 49.3 Å². The maximum atomic E-state index is 13.7. The summed E-state index contributed by atoms with van der Waals surface area (Å²) in [4.78, 5) is 25.1. The molecule has 3 aromatic rings. The quantitative estimate of drug-likeness (QED) is 0.173. The number of hydrogen-bond acceptors (Lipinski definition) is 11. The molecule has 0 aliphatic carbocycles. The molecule has 4 N–H and O–H groups in total. The first kappa shape index (κ1) is 27.5. The van der Waals surface area contributed by atoms with Crippen LogP contribution in [0.25, 0.3) is 11.2 Å². The molecule has 4 rings (SSSR count). The van der Waals surface area contributed by atoms with Crippen LogP contribution in [-0.2, 0) is 23.4 Å². The normalized spacial score (nSPS) is 21.5. The van der Waals surface area contributed by atoms with Crippen LogP contribution in [0.1, 0.15) is 26.5 Å². The van der Waals surface area contributed by atoms with E-state index in [0.29, 0.717) is 29.2 Å². The molecule has 1 saturated heterocycles. The summed E-state index contributed by atoms with van der Waals surface area (Å²) in [5.74, 6) is 0.204. The number of aromatic nitrogens is 4. The average Bonchev–Trinajstić information content (AvgIpc) is 3.51. The number of nitrogens with one attached hydrogen (secondary N) is 2. The number of esters is 1. The van der Waals surface area contributed by atoms with Crippen LogP contribution in [0.5, 0.6) is 5.75 Å². The summed E-state index contributed by atoms with van der Waals surface area (Å²) in [6.45, 7) is 7.26. The molecule has 2 aromatic heterocycles. The maximum absolute atomic E-state index is 13.7. The van der Waals surface area contributed by atoms with E-state index in [1.54, 1.807) is 61.3 Å². The van der Waals surface area contributed by atoms with Crippen LogP contribution < -0.4 is 20.7 Å². The number of nitrogens with two attached hydrogens (primary N) is 1. The Hall–Kier alpha value is -3.51. The second-order valence-corrected chi connectivity index (χ2v) is 10.3.